The predicted octanol–water partition coefficient (Wildman–Crippen LogP) is 3.74. The average molecular weight is 383 g/mol. The minimum absolute atomic E-state index is 0.0197. The monoisotopic (exact) mass is 383 g/mol. The van der Waals surface area contributed by atoms with Crippen LogP contribution < -0.4 is 0 Å². The fraction of sp³-hybridized carbons (Fsp3) is 0.316. The van der Waals surface area contributed by atoms with Crippen LogP contribution in [0.4, 0.5) is 4.39 Å². The van der Waals surface area contributed by atoms with Crippen LogP contribution in [0.25, 0.3) is 16.0 Å². The highest BCUT2D eigenvalue weighted by Crippen LogP contribution is 2.29. The molecule has 4 aromatic rings. The summed E-state index contributed by atoms with van der Waals surface area (Å²) in [7, 11) is 0. The van der Waals surface area contributed by atoms with Crippen LogP contribution in [0.15, 0.2) is 30.6 Å². The van der Waals surface area contributed by atoms with E-state index in [1.165, 1.54) is 17.0 Å². The first-order valence-electron chi connectivity index (χ1n) is 8.96. The molecule has 0 unspecified atom stereocenters. The zero-order valence-corrected chi connectivity index (χ0v) is 15.6. The number of imidazole rings is 2. The topological polar surface area (TPSA) is 66.3 Å². The van der Waals surface area contributed by atoms with Crippen LogP contribution in [0.5, 0.6) is 0 Å². The zero-order chi connectivity index (χ0) is 18.5. The highest BCUT2D eigenvalue weighted by atomic mass is 32.1. The molecule has 1 N–H and O–H groups in total. The number of carbonyl (C=O) groups is 1. The maximum absolute atomic E-state index is 13.4. The largest absolute Gasteiger partial charge is 0.342 e. The van der Waals surface area contributed by atoms with Crippen LogP contribution >= 0.6 is 11.3 Å². The number of aryl methyl sites for hydroxylation is 1. The van der Waals surface area contributed by atoms with E-state index in [-0.39, 0.29) is 17.6 Å². The minimum atomic E-state index is -0.270. The van der Waals surface area contributed by atoms with E-state index in [1.807, 2.05) is 22.4 Å². The molecule has 5 rings (SSSR count). The molecule has 0 bridgehead atoms. The molecule has 0 aliphatic carbocycles. The first-order chi connectivity index (χ1) is 13.1. The van der Waals surface area contributed by atoms with Gasteiger partial charge in [-0.3, -0.25) is 9.20 Å². The van der Waals surface area contributed by atoms with Gasteiger partial charge in [0.2, 0.25) is 0 Å². The van der Waals surface area contributed by atoms with E-state index < -0.39 is 0 Å². The molecule has 27 heavy (non-hydrogen) atoms. The second-order valence-corrected chi connectivity index (χ2v) is 8.22. The summed E-state index contributed by atoms with van der Waals surface area (Å²) >= 11 is 1.58. The number of rotatable bonds is 2. The van der Waals surface area contributed by atoms with E-state index in [9.17, 15) is 9.18 Å². The van der Waals surface area contributed by atoms with Crippen LogP contribution in [0.1, 0.15) is 39.9 Å². The summed E-state index contributed by atoms with van der Waals surface area (Å²) in [6.07, 6.45) is 5.45. The number of piperidine rings is 1. The van der Waals surface area contributed by atoms with Crippen LogP contribution in [-0.4, -0.2) is 43.2 Å². The molecule has 1 aliphatic rings. The molecule has 8 heteroatoms. The molecule has 0 spiro atoms. The van der Waals surface area contributed by atoms with Crippen LogP contribution in [0.2, 0.25) is 0 Å². The van der Waals surface area contributed by atoms with Gasteiger partial charge < -0.3 is 9.88 Å². The third-order valence-electron chi connectivity index (χ3n) is 5.12. The number of carbonyl (C=O) groups excluding carboxylic acids is 1. The Morgan fingerprint density at radius 1 is 1.26 bits per heavy atom. The SMILES string of the molecule is Cc1cn2cc(C(=O)N3CCC(c4nc5ccc(F)cc5[nH]4)CC3)nc2s1. The van der Waals surface area contributed by atoms with Gasteiger partial charge in [0.25, 0.3) is 5.91 Å². The summed E-state index contributed by atoms with van der Waals surface area (Å²) in [6, 6.07) is 4.58. The van der Waals surface area contributed by atoms with Crippen molar-refractivity contribution in [3.8, 4) is 0 Å². The maximum atomic E-state index is 13.4. The number of nitrogens with one attached hydrogen (secondary N) is 1. The Morgan fingerprint density at radius 2 is 2.07 bits per heavy atom. The van der Waals surface area contributed by atoms with E-state index in [2.05, 4.69) is 15.0 Å². The van der Waals surface area contributed by atoms with Crippen molar-refractivity contribution in [1.29, 1.82) is 0 Å². The number of nitrogens with zero attached hydrogens (tertiary/aromatic N) is 4. The summed E-state index contributed by atoms with van der Waals surface area (Å²) in [6.45, 7) is 3.36. The van der Waals surface area contributed by atoms with E-state index in [0.29, 0.717) is 18.8 Å². The van der Waals surface area contributed by atoms with E-state index in [1.54, 1.807) is 23.6 Å². The second-order valence-electron chi connectivity index (χ2n) is 7.01. The zero-order valence-electron chi connectivity index (χ0n) is 14.8. The van der Waals surface area contributed by atoms with Crippen molar-refractivity contribution in [1.82, 2.24) is 24.3 Å². The fourth-order valence-electron chi connectivity index (χ4n) is 3.73. The number of likely N-dealkylation sites (tertiary alicyclic amines) is 1. The standard InChI is InChI=1S/C19H18FN5OS/c1-11-9-25-10-16(23-19(25)27-11)18(26)24-6-4-12(5-7-24)17-21-14-3-2-13(20)8-15(14)22-17/h2-3,8-10,12H,4-7H2,1H3,(H,21,22). The molecule has 3 aromatic heterocycles. The number of halogens is 1. The number of amides is 1. The summed E-state index contributed by atoms with van der Waals surface area (Å²) < 4.78 is 15.3. The van der Waals surface area contributed by atoms with Crippen LogP contribution in [0.3, 0.4) is 0 Å². The molecule has 0 saturated carbocycles. The number of hydrogen-bond acceptors (Lipinski definition) is 4. The molecule has 138 valence electrons. The Morgan fingerprint density at radius 3 is 2.85 bits per heavy atom. The average Bonchev–Trinajstić information content (AvgIpc) is 3.33. The summed E-state index contributed by atoms with van der Waals surface area (Å²) in [5.74, 6) is 0.834. The van der Waals surface area contributed by atoms with E-state index in [0.717, 1.165) is 34.7 Å². The molecule has 1 fully saturated rings. The third kappa shape index (κ3) is 2.90. The molecule has 1 amide bonds. The van der Waals surface area contributed by atoms with E-state index in [4.69, 9.17) is 0 Å². The van der Waals surface area contributed by atoms with Gasteiger partial charge in [-0.05, 0) is 38.0 Å². The molecular weight excluding hydrogens is 365 g/mol. The predicted molar refractivity (Wildman–Crippen MR) is 102 cm³/mol. The molecule has 1 saturated heterocycles. The van der Waals surface area contributed by atoms with Crippen molar-refractivity contribution in [3.63, 3.8) is 0 Å². The number of aromatic amines is 1. The Bertz CT molecular complexity index is 1120. The first kappa shape index (κ1) is 16.4. The van der Waals surface area contributed by atoms with Gasteiger partial charge >= 0.3 is 0 Å². The lowest BCUT2D eigenvalue weighted by Gasteiger charge is -2.30. The van der Waals surface area contributed by atoms with Gasteiger partial charge in [-0.15, -0.1) is 11.3 Å². The number of benzene rings is 1. The Hall–Kier alpha value is -2.74. The van der Waals surface area contributed by atoms with Crippen LogP contribution in [-0.2, 0) is 0 Å². The normalized spacial score (nSPS) is 15.9. The summed E-state index contributed by atoms with van der Waals surface area (Å²) in [5, 5.41) is 0. The number of aromatic nitrogens is 4. The van der Waals surface area contributed by atoms with E-state index >= 15 is 0 Å². The van der Waals surface area contributed by atoms with Gasteiger partial charge in [0.1, 0.15) is 17.3 Å². The van der Waals surface area contributed by atoms with Crippen molar-refractivity contribution >= 4 is 33.2 Å². The smallest absolute Gasteiger partial charge is 0.274 e. The highest BCUT2D eigenvalue weighted by molar-refractivity contribution is 7.17. The summed E-state index contributed by atoms with van der Waals surface area (Å²) in [4.78, 5) is 28.9. The van der Waals surface area contributed by atoms with Crippen molar-refractivity contribution in [2.45, 2.75) is 25.7 Å². The number of H-pyrrole nitrogens is 1. The maximum Gasteiger partial charge on any atom is 0.274 e. The molecule has 1 aromatic carbocycles. The fourth-order valence-corrected chi connectivity index (χ4v) is 4.54. The van der Waals surface area contributed by atoms with Crippen molar-refractivity contribution < 1.29 is 9.18 Å². The molecular formula is C19H18FN5OS. The van der Waals surface area contributed by atoms with Gasteiger partial charge in [0.15, 0.2) is 4.96 Å². The number of fused-ring (bicyclic) bond motifs is 2. The molecule has 6 nitrogen and oxygen atoms in total. The van der Waals surface area contributed by atoms with Crippen molar-refractivity contribution in [2.24, 2.45) is 0 Å². The van der Waals surface area contributed by atoms with Gasteiger partial charge in [0.05, 0.1) is 11.0 Å². The lowest BCUT2D eigenvalue weighted by molar-refractivity contribution is 0.0706. The van der Waals surface area contributed by atoms with Gasteiger partial charge in [-0.2, -0.15) is 0 Å². The molecule has 4 heterocycles. The summed E-state index contributed by atoms with van der Waals surface area (Å²) in [5.41, 5.74) is 1.99. The van der Waals surface area contributed by atoms with Crippen molar-refractivity contribution in [3.05, 3.63) is 52.8 Å². The second kappa shape index (κ2) is 6.16. The Balaban J connectivity index is 1.29. The van der Waals surface area contributed by atoms with Gasteiger partial charge in [0, 0.05) is 36.3 Å². The first-order valence-corrected chi connectivity index (χ1v) is 9.78. The molecule has 0 radical (unpaired) electrons. The van der Waals surface area contributed by atoms with Crippen molar-refractivity contribution in [2.75, 3.05) is 13.1 Å². The lowest BCUT2D eigenvalue weighted by Crippen LogP contribution is -2.38. The minimum Gasteiger partial charge on any atom is -0.342 e. The highest BCUT2D eigenvalue weighted by Gasteiger charge is 2.27. The third-order valence-corrected chi connectivity index (χ3v) is 6.03. The molecule has 0 atom stereocenters. The Labute approximate surface area is 158 Å². The van der Waals surface area contributed by atoms with Gasteiger partial charge in [-0.25, -0.2) is 14.4 Å². The quantitative estimate of drug-likeness (QED) is 0.573. The Kier molecular flexibility index (Phi) is 3.75. The number of hydrogen-bond donors (Lipinski definition) is 1. The molecule has 1 aliphatic heterocycles. The number of thiazole rings is 1. The van der Waals surface area contributed by atoms with Crippen LogP contribution in [0, 0.1) is 12.7 Å². The lowest BCUT2D eigenvalue weighted by atomic mass is 9.96. The van der Waals surface area contributed by atoms with Gasteiger partial charge in [-0.1, -0.05) is 0 Å².